The highest BCUT2D eigenvalue weighted by Gasteiger charge is 2.21. The van der Waals surface area contributed by atoms with Crippen LogP contribution in [0.15, 0.2) is 5.57 Å². The molecular weight excluding hydrogens is 238 g/mol. The molecule has 2 heterocycles. The van der Waals surface area contributed by atoms with E-state index in [1.54, 1.807) is 0 Å². The summed E-state index contributed by atoms with van der Waals surface area (Å²) in [5.74, 6) is 0.831. The van der Waals surface area contributed by atoms with Gasteiger partial charge in [0.15, 0.2) is 5.82 Å². The van der Waals surface area contributed by atoms with E-state index in [2.05, 4.69) is 45.4 Å². The minimum atomic E-state index is 0.813. The van der Waals surface area contributed by atoms with Crippen molar-refractivity contribution in [1.82, 2.24) is 9.78 Å². The Morgan fingerprint density at radius 1 is 1.26 bits per heavy atom. The summed E-state index contributed by atoms with van der Waals surface area (Å²) in [6.45, 7) is 6.20. The number of fused-ring (bicyclic) bond motifs is 1. The number of anilines is 2. The number of quaternary nitrogens is 1. The molecule has 1 aliphatic heterocycles. The third-order valence-corrected chi connectivity index (χ3v) is 3.77. The van der Waals surface area contributed by atoms with Gasteiger partial charge in [-0.25, -0.2) is 4.68 Å². The molecule has 5 heteroatoms. The molecule has 1 aliphatic rings. The van der Waals surface area contributed by atoms with Crippen LogP contribution in [0.1, 0.15) is 26.0 Å². The lowest BCUT2D eigenvalue weighted by molar-refractivity contribution is -0.868. The van der Waals surface area contributed by atoms with Gasteiger partial charge >= 0.3 is 0 Å². The summed E-state index contributed by atoms with van der Waals surface area (Å²) in [5, 5.41) is 7.98. The average molecular weight is 264 g/mol. The molecule has 0 atom stereocenters. The van der Waals surface area contributed by atoms with E-state index < -0.39 is 0 Å². The highest BCUT2D eigenvalue weighted by molar-refractivity contribution is 5.69. The fraction of sp³-hybridized carbons (Fsp3) is 0.643. The van der Waals surface area contributed by atoms with Crippen molar-refractivity contribution in [3.63, 3.8) is 0 Å². The van der Waals surface area contributed by atoms with Crippen molar-refractivity contribution in [2.45, 2.75) is 26.7 Å². The number of nitrogens with one attached hydrogen (secondary N) is 1. The fourth-order valence-corrected chi connectivity index (χ4v) is 2.29. The van der Waals surface area contributed by atoms with E-state index in [0.29, 0.717) is 0 Å². The van der Waals surface area contributed by atoms with Gasteiger partial charge in [0.2, 0.25) is 0 Å². The standard InChI is InChI=1S/C14H26N5/c1-10-6-7-12-13(15)14(17-18(12)11(10)2)16-8-9-19(3,4)5/h6-9,15H2,1-5H3,(H,16,17)/q+1. The number of likely N-dealkylation sites (N-methyl/N-ethyl adjacent to an activating group) is 1. The van der Waals surface area contributed by atoms with Gasteiger partial charge in [-0.3, -0.25) is 0 Å². The number of hydrogen-bond acceptors (Lipinski definition) is 3. The summed E-state index contributed by atoms with van der Waals surface area (Å²) in [6.07, 6.45) is 2.07. The lowest BCUT2D eigenvalue weighted by atomic mass is 10.0. The van der Waals surface area contributed by atoms with Gasteiger partial charge in [0, 0.05) is 5.70 Å². The van der Waals surface area contributed by atoms with E-state index >= 15 is 0 Å². The molecule has 0 amide bonds. The van der Waals surface area contributed by atoms with E-state index in [9.17, 15) is 0 Å². The van der Waals surface area contributed by atoms with Crippen LogP contribution >= 0.6 is 0 Å². The van der Waals surface area contributed by atoms with Crippen molar-refractivity contribution >= 4 is 17.2 Å². The summed E-state index contributed by atoms with van der Waals surface area (Å²) < 4.78 is 2.93. The average Bonchev–Trinajstić information content (AvgIpc) is 2.61. The van der Waals surface area contributed by atoms with Crippen molar-refractivity contribution in [1.29, 1.82) is 0 Å². The largest absolute Gasteiger partial charge is 0.394 e. The van der Waals surface area contributed by atoms with Gasteiger partial charge < -0.3 is 15.5 Å². The van der Waals surface area contributed by atoms with Crippen LogP contribution in [-0.4, -0.2) is 48.5 Å². The molecule has 0 spiro atoms. The van der Waals surface area contributed by atoms with Crippen molar-refractivity contribution in [3.05, 3.63) is 11.3 Å². The van der Waals surface area contributed by atoms with Gasteiger partial charge in [0.1, 0.15) is 0 Å². The number of aromatic nitrogens is 2. The molecule has 0 aliphatic carbocycles. The first kappa shape index (κ1) is 13.9. The van der Waals surface area contributed by atoms with Gasteiger partial charge in [-0.15, -0.1) is 5.10 Å². The van der Waals surface area contributed by atoms with E-state index in [-0.39, 0.29) is 0 Å². The van der Waals surface area contributed by atoms with Crippen LogP contribution < -0.4 is 11.1 Å². The van der Waals surface area contributed by atoms with Crippen molar-refractivity contribution < 1.29 is 4.48 Å². The molecule has 0 fully saturated rings. The Kier molecular flexibility index (Phi) is 3.58. The second-order valence-corrected chi connectivity index (χ2v) is 6.43. The number of hydrogen-bond donors (Lipinski definition) is 2. The van der Waals surface area contributed by atoms with Gasteiger partial charge in [-0.2, -0.15) is 0 Å². The number of nitrogens with zero attached hydrogens (tertiary/aromatic N) is 3. The molecule has 2 rings (SSSR count). The molecule has 0 radical (unpaired) electrons. The molecule has 0 unspecified atom stereocenters. The second-order valence-electron chi connectivity index (χ2n) is 6.43. The zero-order valence-electron chi connectivity index (χ0n) is 12.7. The lowest BCUT2D eigenvalue weighted by Gasteiger charge is -2.23. The van der Waals surface area contributed by atoms with Crippen molar-refractivity contribution in [3.8, 4) is 0 Å². The van der Waals surface area contributed by atoms with Gasteiger partial charge in [-0.1, -0.05) is 5.57 Å². The number of nitrogens with two attached hydrogens (primary N) is 1. The van der Waals surface area contributed by atoms with Crippen LogP contribution in [0, 0.1) is 0 Å². The van der Waals surface area contributed by atoms with Crippen LogP contribution in [0.3, 0.4) is 0 Å². The Bertz CT molecular complexity index is 505. The van der Waals surface area contributed by atoms with Crippen molar-refractivity contribution in [2.75, 3.05) is 45.3 Å². The Balaban J connectivity index is 2.15. The zero-order chi connectivity index (χ0) is 14.2. The first-order valence-electron chi connectivity index (χ1n) is 6.88. The Morgan fingerprint density at radius 2 is 1.95 bits per heavy atom. The van der Waals surface area contributed by atoms with Crippen LogP contribution in [0.4, 0.5) is 11.5 Å². The normalized spacial score (nSPS) is 15.6. The molecule has 0 saturated heterocycles. The molecule has 1 aromatic heterocycles. The maximum atomic E-state index is 6.21. The smallest absolute Gasteiger partial charge is 0.172 e. The van der Waals surface area contributed by atoms with Gasteiger partial charge in [0.25, 0.3) is 0 Å². The minimum Gasteiger partial charge on any atom is -0.394 e. The van der Waals surface area contributed by atoms with Crippen LogP contribution in [-0.2, 0) is 6.42 Å². The molecule has 5 nitrogen and oxygen atoms in total. The minimum absolute atomic E-state index is 0.813. The molecule has 1 aromatic rings. The van der Waals surface area contributed by atoms with Crippen LogP contribution in [0.5, 0.6) is 0 Å². The van der Waals surface area contributed by atoms with Crippen LogP contribution in [0.2, 0.25) is 0 Å². The first-order valence-corrected chi connectivity index (χ1v) is 6.88. The van der Waals surface area contributed by atoms with Crippen LogP contribution in [0.25, 0.3) is 5.70 Å². The summed E-state index contributed by atoms with van der Waals surface area (Å²) in [7, 11) is 6.54. The van der Waals surface area contributed by atoms with E-state index in [0.717, 1.165) is 47.6 Å². The molecule has 19 heavy (non-hydrogen) atoms. The van der Waals surface area contributed by atoms with Gasteiger partial charge in [-0.05, 0) is 26.7 Å². The van der Waals surface area contributed by atoms with E-state index in [1.807, 2.05) is 4.68 Å². The zero-order valence-corrected chi connectivity index (χ0v) is 12.7. The SMILES string of the molecule is CC1=C(C)n2nc(NCC[N+](C)(C)C)c(N)c2CC1. The van der Waals surface area contributed by atoms with E-state index in [4.69, 9.17) is 5.73 Å². The van der Waals surface area contributed by atoms with Crippen molar-refractivity contribution in [2.24, 2.45) is 0 Å². The Morgan fingerprint density at radius 3 is 2.58 bits per heavy atom. The molecule has 0 bridgehead atoms. The molecule has 0 aromatic carbocycles. The highest BCUT2D eigenvalue weighted by Crippen LogP contribution is 2.31. The monoisotopic (exact) mass is 264 g/mol. The summed E-state index contributed by atoms with van der Waals surface area (Å²) in [5.41, 5.74) is 10.8. The second kappa shape index (κ2) is 4.89. The third-order valence-electron chi connectivity index (χ3n) is 3.77. The third kappa shape index (κ3) is 2.92. The first-order chi connectivity index (χ1) is 8.79. The summed E-state index contributed by atoms with van der Waals surface area (Å²) >= 11 is 0. The quantitative estimate of drug-likeness (QED) is 0.815. The van der Waals surface area contributed by atoms with Gasteiger partial charge in [0.05, 0.1) is 45.6 Å². The Hall–Kier alpha value is -1.49. The predicted octanol–water partition coefficient (Wildman–Crippen LogP) is 1.78. The number of rotatable bonds is 4. The summed E-state index contributed by atoms with van der Waals surface area (Å²) in [4.78, 5) is 0. The topological polar surface area (TPSA) is 55.9 Å². The fourth-order valence-electron chi connectivity index (χ4n) is 2.29. The maximum Gasteiger partial charge on any atom is 0.172 e. The summed E-state index contributed by atoms with van der Waals surface area (Å²) in [6, 6.07) is 0. The molecular formula is C14H26N5+. The maximum absolute atomic E-state index is 6.21. The molecule has 0 saturated carbocycles. The Labute approximate surface area is 115 Å². The molecule has 3 N–H and O–H groups in total. The predicted molar refractivity (Wildman–Crippen MR) is 80.9 cm³/mol. The van der Waals surface area contributed by atoms with E-state index in [1.165, 1.54) is 11.3 Å². The molecule has 106 valence electrons. The number of allylic oxidation sites excluding steroid dienone is 2. The highest BCUT2D eigenvalue weighted by atomic mass is 15.3. The lowest BCUT2D eigenvalue weighted by Crippen LogP contribution is -2.38. The number of nitrogen functional groups attached to an aromatic ring is 1.